The van der Waals surface area contributed by atoms with Crippen molar-refractivity contribution in [2.75, 3.05) is 6.61 Å². The standard InChI is InChI=1S/C26H24N4O4/c1-18(31)26-28-13-14-30(26)17-22-16-24(34-29-22)21-8-4-19(5-9-21)2-3-20-6-10-23(11-7-20)33-15-12-25(27)32/h4-11,13-14,16,18,31H,12,15,17H2,1H3,(H2,27,32)/t18-/m0/s1. The van der Waals surface area contributed by atoms with Crippen molar-refractivity contribution >= 4 is 5.91 Å². The fraction of sp³-hybridized carbons (Fsp3) is 0.192. The zero-order valence-electron chi connectivity index (χ0n) is 18.6. The van der Waals surface area contributed by atoms with Crippen LogP contribution in [0.1, 0.15) is 42.1 Å². The van der Waals surface area contributed by atoms with Gasteiger partial charge in [0, 0.05) is 35.2 Å². The molecule has 1 amide bonds. The molecule has 0 fully saturated rings. The molecular formula is C26H24N4O4. The number of imidazole rings is 1. The van der Waals surface area contributed by atoms with Crippen LogP contribution in [0.3, 0.4) is 0 Å². The van der Waals surface area contributed by atoms with Crippen LogP contribution in [-0.2, 0) is 11.3 Å². The third-order valence-electron chi connectivity index (χ3n) is 5.00. The second-order valence-corrected chi connectivity index (χ2v) is 7.69. The van der Waals surface area contributed by atoms with E-state index in [2.05, 4.69) is 22.0 Å². The minimum Gasteiger partial charge on any atom is -0.493 e. The minimum atomic E-state index is -0.658. The number of carbonyl (C=O) groups excluding carboxylic acids is 1. The van der Waals surface area contributed by atoms with Crippen molar-refractivity contribution in [3.8, 4) is 28.9 Å². The van der Waals surface area contributed by atoms with Crippen molar-refractivity contribution in [3.05, 3.63) is 89.6 Å². The third-order valence-corrected chi connectivity index (χ3v) is 5.00. The molecule has 2 aromatic heterocycles. The molecule has 1 atom stereocenters. The van der Waals surface area contributed by atoms with Crippen LogP contribution in [0.5, 0.6) is 5.75 Å². The molecule has 4 aromatic rings. The summed E-state index contributed by atoms with van der Waals surface area (Å²) in [5.41, 5.74) is 8.45. The maximum absolute atomic E-state index is 10.8. The molecular weight excluding hydrogens is 432 g/mol. The van der Waals surface area contributed by atoms with Gasteiger partial charge >= 0.3 is 0 Å². The summed E-state index contributed by atoms with van der Waals surface area (Å²) in [6.07, 6.45) is 2.97. The molecule has 8 heteroatoms. The van der Waals surface area contributed by atoms with E-state index < -0.39 is 12.0 Å². The number of carbonyl (C=O) groups is 1. The van der Waals surface area contributed by atoms with Gasteiger partial charge in [-0.15, -0.1) is 0 Å². The van der Waals surface area contributed by atoms with Gasteiger partial charge in [0.1, 0.15) is 23.4 Å². The van der Waals surface area contributed by atoms with Crippen LogP contribution in [0, 0.1) is 11.8 Å². The van der Waals surface area contributed by atoms with Crippen molar-refractivity contribution in [3.63, 3.8) is 0 Å². The number of hydrogen-bond acceptors (Lipinski definition) is 6. The van der Waals surface area contributed by atoms with E-state index in [1.54, 1.807) is 19.3 Å². The first-order valence-electron chi connectivity index (χ1n) is 10.8. The first-order valence-corrected chi connectivity index (χ1v) is 10.8. The largest absolute Gasteiger partial charge is 0.493 e. The average molecular weight is 457 g/mol. The summed E-state index contributed by atoms with van der Waals surface area (Å²) in [7, 11) is 0. The number of aliphatic hydroxyl groups excluding tert-OH is 1. The molecule has 34 heavy (non-hydrogen) atoms. The number of nitrogens with two attached hydrogens (primary N) is 1. The predicted octanol–water partition coefficient (Wildman–Crippen LogP) is 3.29. The second kappa shape index (κ2) is 10.5. The number of rotatable bonds is 8. The Labute approximate surface area is 197 Å². The highest BCUT2D eigenvalue weighted by Gasteiger charge is 2.12. The Balaban J connectivity index is 1.37. The lowest BCUT2D eigenvalue weighted by atomic mass is 10.1. The normalized spacial score (nSPS) is 11.5. The Kier molecular flexibility index (Phi) is 7.06. The first-order chi connectivity index (χ1) is 16.5. The Morgan fingerprint density at radius 3 is 2.47 bits per heavy atom. The molecule has 3 N–H and O–H groups in total. The van der Waals surface area contributed by atoms with Crippen molar-refractivity contribution in [1.82, 2.24) is 14.7 Å². The molecule has 2 aromatic carbocycles. The quantitative estimate of drug-likeness (QED) is 0.393. The molecule has 0 unspecified atom stereocenters. The number of nitrogens with zero attached hydrogens (tertiary/aromatic N) is 3. The van der Waals surface area contributed by atoms with E-state index in [0.29, 0.717) is 23.9 Å². The highest BCUT2D eigenvalue weighted by Crippen LogP contribution is 2.22. The van der Waals surface area contributed by atoms with Crippen molar-refractivity contribution in [1.29, 1.82) is 0 Å². The maximum Gasteiger partial charge on any atom is 0.220 e. The lowest BCUT2D eigenvalue weighted by molar-refractivity contribution is -0.118. The summed E-state index contributed by atoms with van der Waals surface area (Å²) in [6.45, 7) is 2.39. The summed E-state index contributed by atoms with van der Waals surface area (Å²) in [5.74, 6) is 7.77. The van der Waals surface area contributed by atoms with Crippen molar-refractivity contribution in [2.24, 2.45) is 5.73 Å². The molecule has 0 aliphatic rings. The molecule has 2 heterocycles. The van der Waals surface area contributed by atoms with E-state index in [4.69, 9.17) is 15.0 Å². The fourth-order valence-electron chi connectivity index (χ4n) is 3.29. The van der Waals surface area contributed by atoms with E-state index in [-0.39, 0.29) is 13.0 Å². The highest BCUT2D eigenvalue weighted by atomic mass is 16.5. The monoisotopic (exact) mass is 456 g/mol. The fourth-order valence-corrected chi connectivity index (χ4v) is 3.29. The Hall–Kier alpha value is -4.35. The van der Waals surface area contributed by atoms with Gasteiger partial charge in [-0.2, -0.15) is 0 Å². The number of aliphatic hydroxyl groups is 1. The van der Waals surface area contributed by atoms with E-state index in [1.807, 2.05) is 59.2 Å². The van der Waals surface area contributed by atoms with Crippen LogP contribution in [-0.4, -0.2) is 32.3 Å². The number of ether oxygens (including phenoxy) is 1. The van der Waals surface area contributed by atoms with Gasteiger partial charge in [-0.3, -0.25) is 4.79 Å². The van der Waals surface area contributed by atoms with Gasteiger partial charge in [0.05, 0.1) is 19.6 Å². The van der Waals surface area contributed by atoms with E-state index >= 15 is 0 Å². The molecule has 0 saturated heterocycles. The summed E-state index contributed by atoms with van der Waals surface area (Å²) in [5, 5.41) is 13.9. The lowest BCUT2D eigenvalue weighted by Crippen LogP contribution is -2.14. The predicted molar refractivity (Wildman–Crippen MR) is 126 cm³/mol. The third kappa shape index (κ3) is 5.91. The van der Waals surface area contributed by atoms with Crippen LogP contribution in [0.2, 0.25) is 0 Å². The van der Waals surface area contributed by atoms with Crippen LogP contribution < -0.4 is 10.5 Å². The van der Waals surface area contributed by atoms with Gasteiger partial charge in [-0.05, 0) is 55.5 Å². The number of hydrogen-bond donors (Lipinski definition) is 2. The summed E-state index contributed by atoms with van der Waals surface area (Å²) in [4.78, 5) is 14.9. The van der Waals surface area contributed by atoms with Crippen LogP contribution >= 0.6 is 0 Å². The molecule has 172 valence electrons. The zero-order valence-corrected chi connectivity index (χ0v) is 18.6. The van der Waals surface area contributed by atoms with Gasteiger partial charge in [0.15, 0.2) is 5.76 Å². The molecule has 0 spiro atoms. The van der Waals surface area contributed by atoms with Crippen LogP contribution in [0.4, 0.5) is 0 Å². The topological polar surface area (TPSA) is 116 Å². The summed E-state index contributed by atoms with van der Waals surface area (Å²) in [6, 6.07) is 16.9. The molecule has 0 bridgehead atoms. The smallest absolute Gasteiger partial charge is 0.220 e. The van der Waals surface area contributed by atoms with Crippen LogP contribution in [0.15, 0.2) is 71.5 Å². The highest BCUT2D eigenvalue weighted by molar-refractivity contribution is 5.73. The molecule has 0 radical (unpaired) electrons. The summed E-state index contributed by atoms with van der Waals surface area (Å²) >= 11 is 0. The van der Waals surface area contributed by atoms with Gasteiger partial charge in [-0.25, -0.2) is 4.98 Å². The van der Waals surface area contributed by atoms with Gasteiger partial charge < -0.3 is 24.7 Å². The maximum atomic E-state index is 10.8. The summed E-state index contributed by atoms with van der Waals surface area (Å²) < 4.78 is 12.8. The second-order valence-electron chi connectivity index (χ2n) is 7.69. The van der Waals surface area contributed by atoms with E-state index in [1.165, 1.54) is 0 Å². The SMILES string of the molecule is C[C@H](O)c1nccn1Cc1cc(-c2ccc(C#Cc3ccc(OCCC(N)=O)cc3)cc2)on1. The number of primary amides is 1. The molecule has 8 nitrogen and oxygen atoms in total. The first kappa shape index (κ1) is 22.8. The molecule has 4 rings (SSSR count). The molecule has 0 aliphatic heterocycles. The Morgan fingerprint density at radius 2 is 1.82 bits per heavy atom. The molecule has 0 saturated carbocycles. The molecule has 0 aliphatic carbocycles. The Morgan fingerprint density at radius 1 is 1.15 bits per heavy atom. The van der Waals surface area contributed by atoms with Crippen molar-refractivity contribution < 1.29 is 19.2 Å². The van der Waals surface area contributed by atoms with Gasteiger partial charge in [-0.1, -0.05) is 17.0 Å². The lowest BCUT2D eigenvalue weighted by Gasteiger charge is -2.07. The number of aromatic nitrogens is 3. The van der Waals surface area contributed by atoms with E-state index in [0.717, 1.165) is 22.4 Å². The minimum absolute atomic E-state index is 0.182. The van der Waals surface area contributed by atoms with Crippen LogP contribution in [0.25, 0.3) is 11.3 Å². The number of benzene rings is 2. The van der Waals surface area contributed by atoms with Gasteiger partial charge in [0.25, 0.3) is 0 Å². The van der Waals surface area contributed by atoms with Crippen molar-refractivity contribution in [2.45, 2.75) is 26.0 Å². The Bertz CT molecular complexity index is 1310. The zero-order chi connectivity index (χ0) is 23.9. The number of amides is 1. The average Bonchev–Trinajstić information content (AvgIpc) is 3.49. The van der Waals surface area contributed by atoms with E-state index in [9.17, 15) is 9.90 Å². The van der Waals surface area contributed by atoms with Gasteiger partial charge in [0.2, 0.25) is 5.91 Å².